The molecule has 2 rings (SSSR count). The van der Waals surface area contributed by atoms with Gasteiger partial charge in [-0.15, -0.1) is 6.58 Å². The molecule has 0 atom stereocenters. The van der Waals surface area contributed by atoms with E-state index in [-0.39, 0.29) is 36.6 Å². The first-order chi connectivity index (χ1) is 11.8. The molecule has 0 amide bonds. The van der Waals surface area contributed by atoms with Gasteiger partial charge in [0.15, 0.2) is 0 Å². The molecule has 146 valence electrons. The molecule has 2 heterocycles. The Morgan fingerprint density at radius 1 is 0.769 bits per heavy atom. The number of allylic oxidation sites excluding steroid dienone is 2. The Balaban J connectivity index is 2.18. The summed E-state index contributed by atoms with van der Waals surface area (Å²) in [6.07, 6.45) is 6.04. The number of unbranched alkanes of at least 4 members (excludes halogenated alkanes) is 2. The average Bonchev–Trinajstić information content (AvgIpc) is 2.81. The molecule has 2 aliphatic heterocycles. The van der Waals surface area contributed by atoms with E-state index in [1.165, 1.54) is 0 Å². The number of hydrogen-bond donors (Lipinski definition) is 0. The van der Waals surface area contributed by atoms with E-state index in [0.717, 1.165) is 31.2 Å². The lowest BCUT2D eigenvalue weighted by molar-refractivity contribution is 0.00578. The largest absolute Gasteiger partial charge is 0.489 e. The molecule has 2 saturated heterocycles. The molecule has 26 heavy (non-hydrogen) atoms. The van der Waals surface area contributed by atoms with Crippen molar-refractivity contribution in [3.8, 4) is 0 Å². The minimum atomic E-state index is -0.381. The highest BCUT2D eigenvalue weighted by atomic mass is 16.7. The highest BCUT2D eigenvalue weighted by Gasteiger charge is 2.54. The maximum Gasteiger partial charge on any atom is 0.489 e. The quantitative estimate of drug-likeness (QED) is 0.366. The van der Waals surface area contributed by atoms with E-state index in [0.29, 0.717) is 0 Å². The maximum atomic E-state index is 6.28. The van der Waals surface area contributed by atoms with Gasteiger partial charge >= 0.3 is 14.2 Å². The predicted octanol–water partition coefficient (Wildman–Crippen LogP) is 4.92. The molecule has 0 aromatic carbocycles. The summed E-state index contributed by atoms with van der Waals surface area (Å²) in [5.41, 5.74) is -0.302. The van der Waals surface area contributed by atoms with Crippen LogP contribution in [0.1, 0.15) is 81.1 Å². The van der Waals surface area contributed by atoms with Crippen molar-refractivity contribution >= 4 is 14.2 Å². The Kier molecular flexibility index (Phi) is 6.24. The summed E-state index contributed by atoms with van der Waals surface area (Å²) >= 11 is 0. The van der Waals surface area contributed by atoms with Gasteiger partial charge in [-0.25, -0.2) is 0 Å². The molecule has 0 aromatic rings. The molecule has 0 N–H and O–H groups in total. The van der Waals surface area contributed by atoms with Crippen LogP contribution >= 0.6 is 0 Å². The van der Waals surface area contributed by atoms with Gasteiger partial charge in [0.25, 0.3) is 0 Å². The van der Waals surface area contributed by atoms with Crippen molar-refractivity contribution in [3.05, 3.63) is 24.1 Å². The van der Waals surface area contributed by atoms with Gasteiger partial charge in [-0.3, -0.25) is 0 Å². The highest BCUT2D eigenvalue weighted by Crippen LogP contribution is 2.41. The molecule has 0 aromatic heterocycles. The van der Waals surface area contributed by atoms with Gasteiger partial charge in [0, 0.05) is 0 Å². The second-order valence-electron chi connectivity index (χ2n) is 9.49. The molecular weight excluding hydrogens is 326 g/mol. The molecule has 0 radical (unpaired) electrons. The summed E-state index contributed by atoms with van der Waals surface area (Å²) in [7, 11) is -0.740. The van der Waals surface area contributed by atoms with Gasteiger partial charge in [0.1, 0.15) is 0 Å². The van der Waals surface area contributed by atoms with Crippen molar-refractivity contribution < 1.29 is 18.6 Å². The van der Waals surface area contributed by atoms with E-state index in [1.807, 2.05) is 6.08 Å². The van der Waals surface area contributed by atoms with Crippen LogP contribution < -0.4 is 0 Å². The minimum absolute atomic E-state index is 0.349. The molecule has 2 fully saturated rings. The van der Waals surface area contributed by atoms with E-state index >= 15 is 0 Å². The molecule has 6 heteroatoms. The zero-order valence-corrected chi connectivity index (χ0v) is 18.0. The fraction of sp³-hybridized carbons (Fsp3) is 0.800. The lowest BCUT2D eigenvalue weighted by Gasteiger charge is -2.32. The Morgan fingerprint density at radius 2 is 1.23 bits per heavy atom. The fourth-order valence-electron chi connectivity index (χ4n) is 3.02. The van der Waals surface area contributed by atoms with Gasteiger partial charge in [0.2, 0.25) is 0 Å². The number of hydrogen-bond acceptors (Lipinski definition) is 4. The molecule has 4 nitrogen and oxygen atoms in total. The lowest BCUT2D eigenvalue weighted by atomic mass is 9.69. The average molecular weight is 362 g/mol. The van der Waals surface area contributed by atoms with Gasteiger partial charge in [0.05, 0.1) is 22.4 Å². The van der Waals surface area contributed by atoms with Crippen molar-refractivity contribution in [3.63, 3.8) is 0 Å². The van der Waals surface area contributed by atoms with Gasteiger partial charge < -0.3 is 18.6 Å². The topological polar surface area (TPSA) is 36.9 Å². The van der Waals surface area contributed by atoms with Gasteiger partial charge in [-0.1, -0.05) is 12.1 Å². The lowest BCUT2D eigenvalue weighted by Crippen LogP contribution is -2.41. The van der Waals surface area contributed by atoms with Crippen LogP contribution in [0.5, 0.6) is 0 Å². The van der Waals surface area contributed by atoms with Crippen LogP contribution in [0, 0.1) is 0 Å². The normalized spacial score (nSPS) is 26.4. The Hall–Kier alpha value is -0.550. The van der Waals surface area contributed by atoms with E-state index in [9.17, 15) is 0 Å². The predicted molar refractivity (Wildman–Crippen MR) is 109 cm³/mol. The number of rotatable bonds is 7. The van der Waals surface area contributed by atoms with Crippen molar-refractivity contribution in [2.45, 2.75) is 103 Å². The zero-order chi connectivity index (χ0) is 19.8. The fourth-order valence-corrected chi connectivity index (χ4v) is 3.02. The van der Waals surface area contributed by atoms with Gasteiger partial charge in [-0.05, 0) is 86.5 Å². The molecule has 0 bridgehead atoms. The van der Waals surface area contributed by atoms with Crippen molar-refractivity contribution in [2.24, 2.45) is 0 Å². The molecular formula is C20H36B2O4. The molecule has 0 saturated carbocycles. The van der Waals surface area contributed by atoms with Crippen LogP contribution in [0.3, 0.4) is 0 Å². The summed E-state index contributed by atoms with van der Waals surface area (Å²) in [6, 6.07) is 0. The Labute approximate surface area is 161 Å². The van der Waals surface area contributed by atoms with Gasteiger partial charge in [-0.2, -0.15) is 0 Å². The van der Waals surface area contributed by atoms with Crippen LogP contribution in [-0.2, 0) is 18.6 Å². The third-order valence-corrected chi connectivity index (χ3v) is 6.30. The standard InChI is InChI=1S/C20H36B2O4/c1-10-11-12-13-14-16(22-25-19(6,7)20(8,9)26-22)15-21-23-17(2,3)18(4,5)24-21/h10,15H,1,11-14H2,2-9H3/b16-15-. The maximum absolute atomic E-state index is 6.28. The van der Waals surface area contributed by atoms with Crippen LogP contribution in [-0.4, -0.2) is 36.6 Å². The smallest absolute Gasteiger partial charge is 0.400 e. The van der Waals surface area contributed by atoms with Crippen LogP contribution in [0.2, 0.25) is 0 Å². The Bertz CT molecular complexity index is 520. The first-order valence-electron chi connectivity index (χ1n) is 9.84. The summed E-state index contributed by atoms with van der Waals surface area (Å²) in [5.74, 6) is 2.06. The summed E-state index contributed by atoms with van der Waals surface area (Å²) in [5, 5.41) is 0. The van der Waals surface area contributed by atoms with Crippen molar-refractivity contribution in [1.82, 2.24) is 0 Å². The van der Waals surface area contributed by atoms with E-state index in [4.69, 9.17) is 18.6 Å². The molecule has 0 aliphatic carbocycles. The zero-order valence-electron chi connectivity index (χ0n) is 18.0. The van der Waals surface area contributed by atoms with Crippen molar-refractivity contribution in [1.29, 1.82) is 0 Å². The third kappa shape index (κ3) is 4.46. The monoisotopic (exact) mass is 362 g/mol. The van der Waals surface area contributed by atoms with E-state index in [1.54, 1.807) is 0 Å². The minimum Gasteiger partial charge on any atom is -0.400 e. The molecule has 0 spiro atoms. The summed E-state index contributed by atoms with van der Waals surface area (Å²) in [4.78, 5) is 0. The molecule has 0 unspecified atom stereocenters. The third-order valence-electron chi connectivity index (χ3n) is 6.30. The second-order valence-corrected chi connectivity index (χ2v) is 9.49. The first-order valence-corrected chi connectivity index (χ1v) is 9.84. The van der Waals surface area contributed by atoms with E-state index in [2.05, 4.69) is 67.9 Å². The SMILES string of the molecule is C=CCCCC/C(=C/B1OC(C)(C)C(C)(C)O1)B1OC(C)(C)C(C)(C)O1. The van der Waals surface area contributed by atoms with Crippen LogP contribution in [0.25, 0.3) is 0 Å². The Morgan fingerprint density at radius 3 is 1.69 bits per heavy atom. The first kappa shape index (κ1) is 21.7. The van der Waals surface area contributed by atoms with E-state index < -0.39 is 0 Å². The molecule has 2 aliphatic rings. The van der Waals surface area contributed by atoms with Crippen molar-refractivity contribution in [2.75, 3.05) is 0 Å². The van der Waals surface area contributed by atoms with Crippen LogP contribution in [0.4, 0.5) is 0 Å². The summed E-state index contributed by atoms with van der Waals surface area (Å²) in [6.45, 7) is 20.4. The van der Waals surface area contributed by atoms with Crippen LogP contribution in [0.15, 0.2) is 24.1 Å². The second kappa shape index (κ2) is 7.46. The highest BCUT2D eigenvalue weighted by molar-refractivity contribution is 6.60. The summed E-state index contributed by atoms with van der Waals surface area (Å²) < 4.78 is 24.9.